The number of allylic oxidation sites excluding steroid dienone is 1. The molecular weight excluding hydrogens is 538 g/mol. The van der Waals surface area contributed by atoms with Crippen LogP contribution >= 0.6 is 15.9 Å². The van der Waals surface area contributed by atoms with Gasteiger partial charge in [0, 0.05) is 15.5 Å². The second kappa shape index (κ2) is 11.7. The average molecular weight is 570 g/mol. The molecule has 0 radical (unpaired) electrons. The Kier molecular flexibility index (Phi) is 8.91. The Hall–Kier alpha value is -3.46. The highest BCUT2D eigenvalue weighted by Gasteiger charge is 2.24. The van der Waals surface area contributed by atoms with Crippen LogP contribution in [0.4, 0.5) is 0 Å². The Balaban J connectivity index is 2.17. The topological polar surface area (TPSA) is 92.0 Å². The summed E-state index contributed by atoms with van der Waals surface area (Å²) >= 11 is 3.43. The van der Waals surface area contributed by atoms with Crippen LogP contribution in [0.15, 0.2) is 57.4 Å². The fourth-order valence-electron chi connectivity index (χ4n) is 3.72. The summed E-state index contributed by atoms with van der Waals surface area (Å²) in [4.78, 5) is 30.2. The molecule has 196 valence electrons. The minimum absolute atomic E-state index is 0.268. The van der Waals surface area contributed by atoms with Gasteiger partial charge in [0.15, 0.2) is 17.6 Å². The fourth-order valence-corrected chi connectivity index (χ4v) is 4.08. The maximum Gasteiger partial charge on any atom is 0.346 e. The van der Waals surface area contributed by atoms with E-state index in [2.05, 4.69) is 27.6 Å². The molecule has 0 unspecified atom stereocenters. The predicted molar refractivity (Wildman–Crippen MR) is 149 cm³/mol. The third-order valence-corrected chi connectivity index (χ3v) is 5.94. The molecule has 1 heterocycles. The molecule has 0 N–H and O–H groups in total. The lowest BCUT2D eigenvalue weighted by molar-refractivity contribution is -0.147. The van der Waals surface area contributed by atoms with Crippen molar-refractivity contribution in [2.75, 3.05) is 13.7 Å². The second-order valence-electron chi connectivity index (χ2n) is 9.42. The van der Waals surface area contributed by atoms with Gasteiger partial charge in [0.05, 0.1) is 30.8 Å². The van der Waals surface area contributed by atoms with Gasteiger partial charge in [0.25, 0.3) is 5.56 Å². The smallest absolute Gasteiger partial charge is 0.346 e. The molecule has 1 atom stereocenters. The van der Waals surface area contributed by atoms with E-state index < -0.39 is 17.5 Å². The summed E-state index contributed by atoms with van der Waals surface area (Å²) in [5.74, 6) is 0.915. The molecule has 2 aromatic carbocycles. The Labute approximate surface area is 225 Å². The van der Waals surface area contributed by atoms with E-state index in [0.717, 1.165) is 10.0 Å². The third-order valence-electron chi connectivity index (χ3n) is 5.45. The standard InChI is InChI=1S/C28H32BrN3O5/c1-8-10-19-13-18(14-23(36-9-2)24(19)37-17(3)26(34)35-7)16-30-32-25(33)21-15-20(29)11-12-22(21)31-27(32)28(4,5)6/h8,11-17H,1,9-10H2,2-7H3/t17-/m0/s1. The first-order valence-corrected chi connectivity index (χ1v) is 12.7. The molecule has 0 amide bonds. The Bertz CT molecular complexity index is 1410. The summed E-state index contributed by atoms with van der Waals surface area (Å²) in [7, 11) is 1.31. The average Bonchev–Trinajstić information content (AvgIpc) is 2.84. The first-order valence-electron chi connectivity index (χ1n) is 11.9. The van der Waals surface area contributed by atoms with Crippen molar-refractivity contribution in [3.05, 3.63) is 74.8 Å². The van der Waals surface area contributed by atoms with Crippen LogP contribution in [-0.4, -0.2) is 41.7 Å². The number of fused-ring (bicyclic) bond motifs is 1. The summed E-state index contributed by atoms with van der Waals surface area (Å²) in [6.07, 6.45) is 2.95. The molecule has 3 rings (SSSR count). The molecule has 0 bridgehead atoms. The third kappa shape index (κ3) is 6.46. The summed E-state index contributed by atoms with van der Waals surface area (Å²) in [5.41, 5.74) is 1.33. The molecule has 8 nitrogen and oxygen atoms in total. The minimum Gasteiger partial charge on any atom is -0.490 e. The molecule has 0 spiro atoms. The van der Waals surface area contributed by atoms with Crippen molar-refractivity contribution >= 4 is 39.0 Å². The molecule has 9 heteroatoms. The number of carbonyl (C=O) groups excluding carboxylic acids is 1. The van der Waals surface area contributed by atoms with Crippen LogP contribution in [0.5, 0.6) is 11.5 Å². The highest BCUT2D eigenvalue weighted by Crippen LogP contribution is 2.34. The van der Waals surface area contributed by atoms with E-state index in [4.69, 9.17) is 19.2 Å². The van der Waals surface area contributed by atoms with E-state index in [1.807, 2.05) is 45.9 Å². The van der Waals surface area contributed by atoms with Gasteiger partial charge in [-0.1, -0.05) is 42.8 Å². The van der Waals surface area contributed by atoms with Gasteiger partial charge in [0.2, 0.25) is 0 Å². The first kappa shape index (κ1) is 28.1. The van der Waals surface area contributed by atoms with Gasteiger partial charge < -0.3 is 14.2 Å². The van der Waals surface area contributed by atoms with E-state index in [1.165, 1.54) is 11.8 Å². The predicted octanol–water partition coefficient (Wildman–Crippen LogP) is 5.41. The fraction of sp³-hybridized carbons (Fsp3) is 0.357. The van der Waals surface area contributed by atoms with Crippen molar-refractivity contribution < 1.29 is 19.0 Å². The number of benzene rings is 2. The molecule has 0 saturated carbocycles. The maximum absolute atomic E-state index is 13.5. The largest absolute Gasteiger partial charge is 0.490 e. The van der Waals surface area contributed by atoms with Crippen LogP contribution in [0.2, 0.25) is 0 Å². The van der Waals surface area contributed by atoms with Crippen LogP contribution < -0.4 is 15.0 Å². The van der Waals surface area contributed by atoms with Crippen molar-refractivity contribution in [3.8, 4) is 11.5 Å². The molecule has 0 aliphatic heterocycles. The molecular formula is C28H32BrN3O5. The number of hydrogen-bond donors (Lipinski definition) is 0. The van der Waals surface area contributed by atoms with Gasteiger partial charge >= 0.3 is 5.97 Å². The Morgan fingerprint density at radius 2 is 2.00 bits per heavy atom. The highest BCUT2D eigenvalue weighted by atomic mass is 79.9. The van der Waals surface area contributed by atoms with E-state index in [0.29, 0.717) is 46.8 Å². The zero-order chi connectivity index (χ0) is 27.3. The molecule has 0 aliphatic carbocycles. The Morgan fingerprint density at radius 3 is 2.62 bits per heavy atom. The van der Waals surface area contributed by atoms with Crippen LogP contribution in [-0.2, 0) is 21.4 Å². The van der Waals surface area contributed by atoms with Crippen LogP contribution in [0.3, 0.4) is 0 Å². The van der Waals surface area contributed by atoms with E-state index in [9.17, 15) is 9.59 Å². The second-order valence-corrected chi connectivity index (χ2v) is 10.3. The van der Waals surface area contributed by atoms with E-state index >= 15 is 0 Å². The number of aromatic nitrogens is 2. The zero-order valence-corrected chi connectivity index (χ0v) is 23.6. The summed E-state index contributed by atoms with van der Waals surface area (Å²) in [6, 6.07) is 9.03. The van der Waals surface area contributed by atoms with Gasteiger partial charge in [-0.15, -0.1) is 6.58 Å². The van der Waals surface area contributed by atoms with Crippen molar-refractivity contribution in [2.45, 2.75) is 52.6 Å². The van der Waals surface area contributed by atoms with Crippen LogP contribution in [0.25, 0.3) is 10.9 Å². The van der Waals surface area contributed by atoms with Crippen molar-refractivity contribution in [3.63, 3.8) is 0 Å². The summed E-state index contributed by atoms with van der Waals surface area (Å²) < 4.78 is 18.7. The van der Waals surface area contributed by atoms with Gasteiger partial charge in [-0.3, -0.25) is 4.79 Å². The van der Waals surface area contributed by atoms with Gasteiger partial charge in [-0.2, -0.15) is 9.78 Å². The number of rotatable bonds is 9. The van der Waals surface area contributed by atoms with Gasteiger partial charge in [0.1, 0.15) is 5.82 Å². The number of nitrogens with zero attached hydrogens (tertiary/aromatic N) is 3. The molecule has 0 saturated heterocycles. The minimum atomic E-state index is -0.830. The number of methoxy groups -OCH3 is 1. The number of halogens is 1. The molecule has 3 aromatic rings. The molecule has 37 heavy (non-hydrogen) atoms. The van der Waals surface area contributed by atoms with Gasteiger partial charge in [-0.05, 0) is 56.2 Å². The maximum atomic E-state index is 13.5. The summed E-state index contributed by atoms with van der Waals surface area (Å²) in [6.45, 7) is 13.6. The van der Waals surface area contributed by atoms with Crippen molar-refractivity contribution in [1.29, 1.82) is 0 Å². The number of esters is 1. The zero-order valence-electron chi connectivity index (χ0n) is 22.0. The lowest BCUT2D eigenvalue weighted by Gasteiger charge is -2.21. The van der Waals surface area contributed by atoms with Crippen LogP contribution in [0.1, 0.15) is 51.6 Å². The quantitative estimate of drug-likeness (QED) is 0.194. The SMILES string of the molecule is C=CCc1cc(C=Nn2c(C(C)(C)C)nc3ccc(Br)cc3c2=O)cc(OCC)c1O[C@@H](C)C(=O)OC. The number of hydrogen-bond acceptors (Lipinski definition) is 7. The van der Waals surface area contributed by atoms with E-state index in [-0.39, 0.29) is 5.56 Å². The summed E-state index contributed by atoms with van der Waals surface area (Å²) in [5, 5.41) is 5.02. The molecule has 1 aromatic heterocycles. The van der Waals surface area contributed by atoms with Crippen LogP contribution in [0, 0.1) is 0 Å². The van der Waals surface area contributed by atoms with E-state index in [1.54, 1.807) is 31.3 Å². The van der Waals surface area contributed by atoms with Gasteiger partial charge in [-0.25, -0.2) is 9.78 Å². The first-order chi connectivity index (χ1) is 17.5. The Morgan fingerprint density at radius 1 is 1.27 bits per heavy atom. The lowest BCUT2D eigenvalue weighted by atomic mass is 9.95. The monoisotopic (exact) mass is 569 g/mol. The van der Waals surface area contributed by atoms with Crippen molar-refractivity contribution in [2.24, 2.45) is 5.10 Å². The lowest BCUT2D eigenvalue weighted by Crippen LogP contribution is -2.29. The normalized spacial score (nSPS) is 12.5. The highest BCUT2D eigenvalue weighted by molar-refractivity contribution is 9.10. The number of carbonyl (C=O) groups is 1. The molecule has 0 aliphatic rings. The number of ether oxygens (including phenoxy) is 3. The van der Waals surface area contributed by atoms with Crippen molar-refractivity contribution in [1.82, 2.24) is 9.66 Å². The molecule has 0 fully saturated rings.